The van der Waals surface area contributed by atoms with Gasteiger partial charge in [0.15, 0.2) is 0 Å². The molecule has 0 heterocycles. The third-order valence-electron chi connectivity index (χ3n) is 3.11. The van der Waals surface area contributed by atoms with Crippen LogP contribution in [0.5, 0.6) is 0 Å². The minimum Gasteiger partial charge on any atom is -0.450 e. The predicted octanol–water partition coefficient (Wildman–Crippen LogP) is 3.28. The zero-order chi connectivity index (χ0) is 17.6. The maximum Gasteiger partial charge on any atom is 0.411 e. The highest BCUT2D eigenvalue weighted by Gasteiger charge is 2.20. The molecule has 1 aromatic carbocycles. The van der Waals surface area contributed by atoms with E-state index in [2.05, 4.69) is 16.0 Å². The van der Waals surface area contributed by atoms with Crippen LogP contribution in [0.1, 0.15) is 40.2 Å². The van der Waals surface area contributed by atoms with Crippen molar-refractivity contribution in [3.63, 3.8) is 0 Å². The van der Waals surface area contributed by atoms with Gasteiger partial charge in [-0.15, -0.1) is 0 Å². The highest BCUT2D eigenvalue weighted by atomic mass is 16.5. The molecular weight excluding hydrogens is 294 g/mol. The first-order valence-corrected chi connectivity index (χ1v) is 7.76. The van der Waals surface area contributed by atoms with E-state index >= 15 is 0 Å². The largest absolute Gasteiger partial charge is 0.450 e. The maximum atomic E-state index is 12.2. The molecule has 0 radical (unpaired) electrons. The van der Waals surface area contributed by atoms with E-state index in [4.69, 9.17) is 4.74 Å². The van der Waals surface area contributed by atoms with Gasteiger partial charge in [-0.25, -0.2) is 4.79 Å². The van der Waals surface area contributed by atoms with Crippen LogP contribution in [-0.2, 0) is 9.53 Å². The number of nitrogens with one attached hydrogen (secondary N) is 3. The standard InChI is InChI=1S/C17H27N3O3/c1-7-23-16(22)19-14-10-8-9-13(11(14)2)18-12(3)15(21)20-17(4,5)6/h8-10,12,18H,7H2,1-6H3,(H,19,22)(H,20,21)/t12-/m1/s1. The van der Waals surface area contributed by atoms with Gasteiger partial charge in [0.05, 0.1) is 6.61 Å². The fraction of sp³-hybridized carbons (Fsp3) is 0.529. The van der Waals surface area contributed by atoms with Crippen molar-refractivity contribution in [3.8, 4) is 0 Å². The Morgan fingerprint density at radius 3 is 2.39 bits per heavy atom. The first kappa shape index (κ1) is 18.8. The Labute approximate surface area is 138 Å². The number of amides is 2. The van der Waals surface area contributed by atoms with Crippen LogP contribution in [0.3, 0.4) is 0 Å². The van der Waals surface area contributed by atoms with Gasteiger partial charge in [-0.05, 0) is 59.2 Å². The fourth-order valence-corrected chi connectivity index (χ4v) is 1.98. The summed E-state index contributed by atoms with van der Waals surface area (Å²) in [5.41, 5.74) is 2.00. The molecule has 0 aromatic heterocycles. The summed E-state index contributed by atoms with van der Waals surface area (Å²) in [5, 5.41) is 8.80. The lowest BCUT2D eigenvalue weighted by atomic mass is 10.1. The van der Waals surface area contributed by atoms with E-state index in [0.717, 1.165) is 11.3 Å². The number of hydrogen-bond donors (Lipinski definition) is 3. The van der Waals surface area contributed by atoms with Crippen molar-refractivity contribution in [2.24, 2.45) is 0 Å². The van der Waals surface area contributed by atoms with Crippen molar-refractivity contribution < 1.29 is 14.3 Å². The SMILES string of the molecule is CCOC(=O)Nc1cccc(N[C@H](C)C(=O)NC(C)(C)C)c1C. The Morgan fingerprint density at radius 2 is 1.83 bits per heavy atom. The molecule has 128 valence electrons. The number of benzene rings is 1. The second-order valence-corrected chi connectivity index (χ2v) is 6.43. The molecule has 2 amide bonds. The summed E-state index contributed by atoms with van der Waals surface area (Å²) in [5.74, 6) is -0.0827. The molecule has 3 N–H and O–H groups in total. The van der Waals surface area contributed by atoms with Crippen LogP contribution in [0, 0.1) is 6.92 Å². The van der Waals surface area contributed by atoms with Crippen LogP contribution in [0.4, 0.5) is 16.2 Å². The van der Waals surface area contributed by atoms with Crippen LogP contribution in [0.15, 0.2) is 18.2 Å². The van der Waals surface area contributed by atoms with Crippen LogP contribution in [0.25, 0.3) is 0 Å². The van der Waals surface area contributed by atoms with E-state index in [0.29, 0.717) is 12.3 Å². The molecule has 0 unspecified atom stereocenters. The molecular formula is C17H27N3O3. The second-order valence-electron chi connectivity index (χ2n) is 6.43. The van der Waals surface area contributed by atoms with E-state index in [1.54, 1.807) is 19.9 Å². The van der Waals surface area contributed by atoms with E-state index in [1.165, 1.54) is 0 Å². The van der Waals surface area contributed by atoms with Crippen molar-refractivity contribution in [3.05, 3.63) is 23.8 Å². The molecule has 0 saturated heterocycles. The molecule has 0 bridgehead atoms. The van der Waals surface area contributed by atoms with Crippen LogP contribution < -0.4 is 16.0 Å². The summed E-state index contributed by atoms with van der Waals surface area (Å²) in [4.78, 5) is 23.7. The molecule has 23 heavy (non-hydrogen) atoms. The number of carbonyl (C=O) groups excluding carboxylic acids is 2. The zero-order valence-electron chi connectivity index (χ0n) is 14.7. The van der Waals surface area contributed by atoms with E-state index in [9.17, 15) is 9.59 Å². The molecule has 0 aliphatic carbocycles. The lowest BCUT2D eigenvalue weighted by Gasteiger charge is -2.25. The summed E-state index contributed by atoms with van der Waals surface area (Å²) in [7, 11) is 0. The fourth-order valence-electron chi connectivity index (χ4n) is 1.98. The second kappa shape index (κ2) is 7.85. The number of rotatable bonds is 5. The van der Waals surface area contributed by atoms with E-state index in [-0.39, 0.29) is 11.4 Å². The minimum atomic E-state index is -0.494. The van der Waals surface area contributed by atoms with Crippen molar-refractivity contribution in [2.45, 2.75) is 53.1 Å². The molecule has 1 atom stereocenters. The van der Waals surface area contributed by atoms with Gasteiger partial charge in [0.25, 0.3) is 0 Å². The Balaban J connectivity index is 2.81. The first-order chi connectivity index (χ1) is 10.6. The van der Waals surface area contributed by atoms with Gasteiger partial charge in [-0.3, -0.25) is 10.1 Å². The smallest absolute Gasteiger partial charge is 0.411 e. The number of carbonyl (C=O) groups is 2. The lowest BCUT2D eigenvalue weighted by molar-refractivity contribution is -0.122. The summed E-state index contributed by atoms with van der Waals surface area (Å²) in [6.45, 7) is 11.5. The van der Waals surface area contributed by atoms with Crippen LogP contribution >= 0.6 is 0 Å². The quantitative estimate of drug-likeness (QED) is 0.777. The minimum absolute atomic E-state index is 0.0827. The molecule has 6 nitrogen and oxygen atoms in total. The summed E-state index contributed by atoms with van der Waals surface area (Å²) in [6.07, 6.45) is -0.494. The van der Waals surface area contributed by atoms with Crippen molar-refractivity contribution in [1.82, 2.24) is 5.32 Å². The highest BCUT2D eigenvalue weighted by Crippen LogP contribution is 2.24. The average Bonchev–Trinajstić information content (AvgIpc) is 2.41. The molecule has 0 aliphatic heterocycles. The van der Waals surface area contributed by atoms with Gasteiger partial charge in [0.1, 0.15) is 6.04 Å². The van der Waals surface area contributed by atoms with Crippen molar-refractivity contribution >= 4 is 23.4 Å². The van der Waals surface area contributed by atoms with Crippen LogP contribution in [0.2, 0.25) is 0 Å². The Morgan fingerprint density at radius 1 is 1.22 bits per heavy atom. The van der Waals surface area contributed by atoms with Crippen molar-refractivity contribution in [1.29, 1.82) is 0 Å². The van der Waals surface area contributed by atoms with Gasteiger partial charge in [-0.2, -0.15) is 0 Å². The van der Waals surface area contributed by atoms with Gasteiger partial charge >= 0.3 is 6.09 Å². The summed E-state index contributed by atoms with van der Waals surface area (Å²) >= 11 is 0. The number of anilines is 2. The Bertz CT molecular complexity index is 565. The van der Waals surface area contributed by atoms with Gasteiger partial charge in [0, 0.05) is 16.9 Å². The maximum absolute atomic E-state index is 12.2. The summed E-state index contributed by atoms with van der Waals surface area (Å²) in [6, 6.07) is 5.07. The van der Waals surface area contributed by atoms with E-state index < -0.39 is 12.1 Å². The highest BCUT2D eigenvalue weighted by molar-refractivity contribution is 5.88. The topological polar surface area (TPSA) is 79.5 Å². The first-order valence-electron chi connectivity index (χ1n) is 7.76. The van der Waals surface area contributed by atoms with Crippen molar-refractivity contribution in [2.75, 3.05) is 17.2 Å². The van der Waals surface area contributed by atoms with Gasteiger partial charge < -0.3 is 15.4 Å². The lowest BCUT2D eigenvalue weighted by Crippen LogP contribution is -2.47. The monoisotopic (exact) mass is 321 g/mol. The normalized spacial score (nSPS) is 12.3. The molecule has 0 aliphatic rings. The molecule has 0 saturated carbocycles. The molecule has 1 aromatic rings. The average molecular weight is 321 g/mol. The van der Waals surface area contributed by atoms with Crippen LogP contribution in [-0.4, -0.2) is 30.2 Å². The summed E-state index contributed by atoms with van der Waals surface area (Å²) < 4.78 is 4.88. The zero-order valence-corrected chi connectivity index (χ0v) is 14.7. The third kappa shape index (κ3) is 6.18. The predicted molar refractivity (Wildman–Crippen MR) is 92.8 cm³/mol. The van der Waals surface area contributed by atoms with E-state index in [1.807, 2.05) is 39.8 Å². The van der Waals surface area contributed by atoms with Gasteiger partial charge in [0.2, 0.25) is 5.91 Å². The van der Waals surface area contributed by atoms with Gasteiger partial charge in [-0.1, -0.05) is 6.07 Å². The molecule has 6 heteroatoms. The third-order valence-corrected chi connectivity index (χ3v) is 3.11. The number of hydrogen-bond acceptors (Lipinski definition) is 4. The number of ether oxygens (including phenoxy) is 1. The Hall–Kier alpha value is -2.24. The molecule has 1 rings (SSSR count). The molecule has 0 fully saturated rings. The molecule has 0 spiro atoms. The Kier molecular flexibility index (Phi) is 6.42.